The van der Waals surface area contributed by atoms with Crippen molar-refractivity contribution in [3.8, 4) is 22.9 Å². The van der Waals surface area contributed by atoms with E-state index < -0.39 is 5.82 Å². The van der Waals surface area contributed by atoms with Crippen LogP contribution in [0.25, 0.3) is 11.1 Å². The van der Waals surface area contributed by atoms with Crippen molar-refractivity contribution in [2.45, 2.75) is 13.2 Å². The Bertz CT molecular complexity index is 1160. The van der Waals surface area contributed by atoms with Gasteiger partial charge in [-0.2, -0.15) is 4.98 Å². The average Bonchev–Trinajstić information content (AvgIpc) is 2.83. The summed E-state index contributed by atoms with van der Waals surface area (Å²) in [5.41, 5.74) is 3.27. The summed E-state index contributed by atoms with van der Waals surface area (Å²) in [6, 6.07) is 27.4. The normalized spacial score (nSPS) is 10.5. The fourth-order valence-electron chi connectivity index (χ4n) is 3.09. The molecule has 0 aliphatic carbocycles. The lowest BCUT2D eigenvalue weighted by Crippen LogP contribution is -2.02. The van der Waals surface area contributed by atoms with Crippen LogP contribution in [0.5, 0.6) is 11.8 Å². The van der Waals surface area contributed by atoms with Crippen LogP contribution in [0.4, 0.5) is 4.39 Å². The van der Waals surface area contributed by atoms with Gasteiger partial charge in [0.15, 0.2) is 6.29 Å². The molecule has 0 aliphatic heterocycles. The minimum absolute atomic E-state index is 0.0177. The van der Waals surface area contributed by atoms with E-state index in [4.69, 9.17) is 9.47 Å². The molecule has 4 rings (SSSR count). The summed E-state index contributed by atoms with van der Waals surface area (Å²) in [5, 5.41) is 0. The molecule has 1 heterocycles. The van der Waals surface area contributed by atoms with Gasteiger partial charge in [0.2, 0.25) is 11.8 Å². The molecule has 0 N–H and O–H groups in total. The highest BCUT2D eigenvalue weighted by atomic mass is 19.1. The van der Waals surface area contributed by atoms with Crippen LogP contribution in [-0.2, 0) is 13.2 Å². The van der Waals surface area contributed by atoms with Crippen LogP contribution in [0.15, 0.2) is 91.0 Å². The maximum atomic E-state index is 13.8. The Labute approximate surface area is 179 Å². The Kier molecular flexibility index (Phi) is 6.33. The quantitative estimate of drug-likeness (QED) is 0.340. The van der Waals surface area contributed by atoms with E-state index >= 15 is 0 Å². The first-order valence-corrected chi connectivity index (χ1v) is 9.82. The first kappa shape index (κ1) is 20.3. The third-order valence-corrected chi connectivity index (χ3v) is 4.72. The van der Waals surface area contributed by atoms with Crippen LogP contribution in [0.1, 0.15) is 21.5 Å². The molecule has 0 radical (unpaired) electrons. The van der Waals surface area contributed by atoms with Gasteiger partial charge in [0.05, 0.1) is 5.56 Å². The van der Waals surface area contributed by atoms with Crippen LogP contribution >= 0.6 is 0 Å². The zero-order valence-corrected chi connectivity index (χ0v) is 16.7. The van der Waals surface area contributed by atoms with Crippen molar-refractivity contribution in [3.63, 3.8) is 0 Å². The van der Waals surface area contributed by atoms with Gasteiger partial charge in [-0.25, -0.2) is 4.39 Å². The highest BCUT2D eigenvalue weighted by Gasteiger charge is 2.13. The van der Waals surface area contributed by atoms with Crippen molar-refractivity contribution in [2.75, 3.05) is 0 Å². The van der Waals surface area contributed by atoms with Gasteiger partial charge in [0.25, 0.3) is 0 Å². The average molecular weight is 413 g/mol. The second kappa shape index (κ2) is 9.67. The van der Waals surface area contributed by atoms with E-state index in [9.17, 15) is 9.18 Å². The SMILES string of the molecule is O=Cc1cc(-c2ccc(OCc3ccccc3)nc2OCc2ccccc2)ccc1F. The molecular formula is C26H20FNO3. The lowest BCUT2D eigenvalue weighted by Gasteiger charge is -2.14. The Morgan fingerprint density at radius 2 is 1.42 bits per heavy atom. The van der Waals surface area contributed by atoms with E-state index in [0.29, 0.717) is 42.4 Å². The highest BCUT2D eigenvalue weighted by molar-refractivity contribution is 5.80. The van der Waals surface area contributed by atoms with E-state index in [1.165, 1.54) is 12.1 Å². The number of aldehydes is 1. The van der Waals surface area contributed by atoms with Gasteiger partial charge >= 0.3 is 0 Å². The van der Waals surface area contributed by atoms with Crippen molar-refractivity contribution < 1.29 is 18.7 Å². The van der Waals surface area contributed by atoms with Gasteiger partial charge in [-0.3, -0.25) is 4.79 Å². The maximum absolute atomic E-state index is 13.8. The third kappa shape index (κ3) is 5.14. The summed E-state index contributed by atoms with van der Waals surface area (Å²) in [5.74, 6) is 0.188. The van der Waals surface area contributed by atoms with Gasteiger partial charge in [0.1, 0.15) is 19.0 Å². The second-order valence-corrected chi connectivity index (χ2v) is 6.90. The van der Waals surface area contributed by atoms with E-state index in [1.807, 2.05) is 60.7 Å². The lowest BCUT2D eigenvalue weighted by molar-refractivity contribution is 0.112. The summed E-state index contributed by atoms with van der Waals surface area (Å²) < 4.78 is 25.6. The first-order valence-electron chi connectivity index (χ1n) is 9.82. The van der Waals surface area contributed by atoms with Crippen LogP contribution in [0.3, 0.4) is 0 Å². The summed E-state index contributed by atoms with van der Waals surface area (Å²) in [6.07, 6.45) is 0.494. The summed E-state index contributed by atoms with van der Waals surface area (Å²) in [7, 11) is 0. The molecule has 0 fully saturated rings. The number of carbonyl (C=O) groups is 1. The van der Waals surface area contributed by atoms with E-state index in [-0.39, 0.29) is 5.56 Å². The van der Waals surface area contributed by atoms with Crippen molar-refractivity contribution in [2.24, 2.45) is 0 Å². The Balaban J connectivity index is 1.63. The summed E-state index contributed by atoms with van der Waals surface area (Å²) in [6.45, 7) is 0.682. The predicted molar refractivity (Wildman–Crippen MR) is 117 cm³/mol. The zero-order chi connectivity index (χ0) is 21.5. The minimum atomic E-state index is -0.568. The molecule has 0 aliphatic rings. The van der Waals surface area contributed by atoms with E-state index in [2.05, 4.69) is 4.98 Å². The molecule has 0 saturated heterocycles. The fraction of sp³-hybridized carbons (Fsp3) is 0.0769. The van der Waals surface area contributed by atoms with Crippen LogP contribution in [0.2, 0.25) is 0 Å². The number of benzene rings is 3. The largest absolute Gasteiger partial charge is 0.473 e. The number of aromatic nitrogens is 1. The standard InChI is InChI=1S/C26H20FNO3/c27-24-13-11-21(15-22(24)16-29)23-12-14-25(30-17-19-7-3-1-4-8-19)28-26(23)31-18-20-9-5-2-6-10-20/h1-16H,17-18H2. The van der Waals surface area contributed by atoms with Gasteiger partial charge in [-0.15, -0.1) is 0 Å². The number of rotatable bonds is 8. The molecule has 4 aromatic rings. The molecule has 1 aromatic heterocycles. The number of pyridine rings is 1. The number of hydrogen-bond acceptors (Lipinski definition) is 4. The Hall–Kier alpha value is -3.99. The van der Waals surface area contributed by atoms with Crippen molar-refractivity contribution in [3.05, 3.63) is 114 Å². The van der Waals surface area contributed by atoms with Crippen LogP contribution < -0.4 is 9.47 Å². The molecule has 0 spiro atoms. The Morgan fingerprint density at radius 3 is 2.06 bits per heavy atom. The molecule has 3 aromatic carbocycles. The summed E-state index contributed by atoms with van der Waals surface area (Å²) >= 11 is 0. The van der Waals surface area contributed by atoms with Crippen molar-refractivity contribution in [1.82, 2.24) is 4.98 Å². The molecule has 5 heteroatoms. The number of hydrogen-bond donors (Lipinski definition) is 0. The number of halogens is 1. The van der Waals surface area contributed by atoms with Gasteiger partial charge in [0, 0.05) is 11.6 Å². The van der Waals surface area contributed by atoms with Crippen molar-refractivity contribution >= 4 is 6.29 Å². The zero-order valence-electron chi connectivity index (χ0n) is 16.7. The van der Waals surface area contributed by atoms with Gasteiger partial charge in [-0.05, 0) is 34.9 Å². The van der Waals surface area contributed by atoms with E-state index in [0.717, 1.165) is 11.1 Å². The van der Waals surface area contributed by atoms with E-state index in [1.54, 1.807) is 18.2 Å². The van der Waals surface area contributed by atoms with Crippen LogP contribution in [0, 0.1) is 5.82 Å². The molecule has 31 heavy (non-hydrogen) atoms. The smallest absolute Gasteiger partial charge is 0.225 e. The van der Waals surface area contributed by atoms with Crippen LogP contribution in [-0.4, -0.2) is 11.3 Å². The number of carbonyl (C=O) groups excluding carboxylic acids is 1. The molecule has 4 nitrogen and oxygen atoms in total. The predicted octanol–water partition coefficient (Wildman–Crippen LogP) is 5.86. The molecule has 0 atom stereocenters. The molecule has 0 unspecified atom stereocenters. The third-order valence-electron chi connectivity index (χ3n) is 4.72. The molecular weight excluding hydrogens is 393 g/mol. The topological polar surface area (TPSA) is 48.4 Å². The molecule has 0 bridgehead atoms. The molecule has 154 valence electrons. The van der Waals surface area contributed by atoms with Gasteiger partial charge < -0.3 is 9.47 Å². The fourth-order valence-corrected chi connectivity index (χ4v) is 3.09. The maximum Gasteiger partial charge on any atom is 0.225 e. The number of nitrogens with zero attached hydrogens (tertiary/aromatic N) is 1. The molecule has 0 saturated carbocycles. The number of ether oxygens (including phenoxy) is 2. The monoisotopic (exact) mass is 413 g/mol. The highest BCUT2D eigenvalue weighted by Crippen LogP contribution is 2.32. The van der Waals surface area contributed by atoms with Gasteiger partial charge in [-0.1, -0.05) is 66.7 Å². The molecule has 0 amide bonds. The first-order chi connectivity index (χ1) is 15.2. The second-order valence-electron chi connectivity index (χ2n) is 6.90. The summed E-state index contributed by atoms with van der Waals surface area (Å²) in [4.78, 5) is 15.7. The van der Waals surface area contributed by atoms with Crippen molar-refractivity contribution in [1.29, 1.82) is 0 Å². The Morgan fingerprint density at radius 1 is 0.774 bits per heavy atom. The minimum Gasteiger partial charge on any atom is -0.473 e. The lowest BCUT2D eigenvalue weighted by atomic mass is 10.0.